The van der Waals surface area contributed by atoms with Gasteiger partial charge in [-0.05, 0) is 44.7 Å². The number of halogens is 4. The first-order valence-electron chi connectivity index (χ1n) is 7.02. The van der Waals surface area contributed by atoms with Crippen LogP contribution in [0.4, 0.5) is 13.2 Å². The van der Waals surface area contributed by atoms with E-state index in [1.165, 1.54) is 0 Å². The first-order valence-corrected chi connectivity index (χ1v) is 7.02. The predicted octanol–water partition coefficient (Wildman–Crippen LogP) is 2.60. The van der Waals surface area contributed by atoms with Gasteiger partial charge in [0.15, 0.2) is 0 Å². The van der Waals surface area contributed by atoms with Gasteiger partial charge in [-0.1, -0.05) is 0 Å². The van der Waals surface area contributed by atoms with Crippen molar-refractivity contribution in [3.05, 3.63) is 0 Å². The zero-order valence-electron chi connectivity index (χ0n) is 11.4. The number of nitrogens with zero attached hydrogens (tertiary/aromatic N) is 1. The van der Waals surface area contributed by atoms with E-state index in [4.69, 9.17) is 0 Å². The van der Waals surface area contributed by atoms with E-state index in [0.717, 1.165) is 25.9 Å². The molecule has 1 atom stereocenters. The number of piperidine rings is 1. The van der Waals surface area contributed by atoms with Crippen molar-refractivity contribution in [3.8, 4) is 0 Å². The molecule has 2 rings (SSSR count). The molecule has 0 spiro atoms. The second-order valence-corrected chi connectivity index (χ2v) is 5.59. The SMILES string of the molecule is Cl.O=C(CCC1CCNC1)N1CCC(C(F)(F)F)CC1. The molecular weight excluding hydrogens is 293 g/mol. The zero-order chi connectivity index (χ0) is 13.9. The Morgan fingerprint density at radius 3 is 2.35 bits per heavy atom. The van der Waals surface area contributed by atoms with Crippen LogP contribution in [-0.2, 0) is 4.79 Å². The second kappa shape index (κ2) is 7.50. The van der Waals surface area contributed by atoms with Crippen molar-refractivity contribution >= 4 is 18.3 Å². The normalized spacial score (nSPS) is 24.6. The van der Waals surface area contributed by atoms with Crippen molar-refractivity contribution in [2.75, 3.05) is 26.2 Å². The maximum atomic E-state index is 12.5. The van der Waals surface area contributed by atoms with Crippen LogP contribution in [0.3, 0.4) is 0 Å². The first kappa shape index (κ1) is 17.6. The second-order valence-electron chi connectivity index (χ2n) is 5.59. The molecule has 0 saturated carbocycles. The zero-order valence-corrected chi connectivity index (χ0v) is 12.2. The van der Waals surface area contributed by atoms with E-state index in [1.54, 1.807) is 4.90 Å². The van der Waals surface area contributed by atoms with E-state index >= 15 is 0 Å². The van der Waals surface area contributed by atoms with Gasteiger partial charge in [0.25, 0.3) is 0 Å². The summed E-state index contributed by atoms with van der Waals surface area (Å²) in [4.78, 5) is 13.5. The van der Waals surface area contributed by atoms with Gasteiger partial charge >= 0.3 is 6.18 Å². The Hall–Kier alpha value is -0.490. The van der Waals surface area contributed by atoms with Gasteiger partial charge in [0.05, 0.1) is 5.92 Å². The van der Waals surface area contributed by atoms with Gasteiger partial charge in [0.1, 0.15) is 0 Å². The Balaban J connectivity index is 0.00000200. The third kappa shape index (κ3) is 4.81. The van der Waals surface area contributed by atoms with Crippen LogP contribution in [0.2, 0.25) is 0 Å². The van der Waals surface area contributed by atoms with Crippen molar-refractivity contribution < 1.29 is 18.0 Å². The van der Waals surface area contributed by atoms with E-state index in [9.17, 15) is 18.0 Å². The van der Waals surface area contributed by atoms with Crippen molar-refractivity contribution in [2.24, 2.45) is 11.8 Å². The van der Waals surface area contributed by atoms with Crippen LogP contribution in [0.5, 0.6) is 0 Å². The Morgan fingerprint density at radius 2 is 1.85 bits per heavy atom. The molecule has 3 nitrogen and oxygen atoms in total. The van der Waals surface area contributed by atoms with Gasteiger partial charge in [0, 0.05) is 19.5 Å². The van der Waals surface area contributed by atoms with E-state index < -0.39 is 12.1 Å². The largest absolute Gasteiger partial charge is 0.391 e. The molecule has 0 aromatic rings. The molecule has 1 amide bonds. The average Bonchev–Trinajstić information content (AvgIpc) is 2.88. The Kier molecular flexibility index (Phi) is 6.58. The van der Waals surface area contributed by atoms with Crippen LogP contribution in [-0.4, -0.2) is 43.2 Å². The Morgan fingerprint density at radius 1 is 1.20 bits per heavy atom. The van der Waals surface area contributed by atoms with Gasteiger partial charge in [0.2, 0.25) is 5.91 Å². The summed E-state index contributed by atoms with van der Waals surface area (Å²) >= 11 is 0. The minimum Gasteiger partial charge on any atom is -0.343 e. The van der Waals surface area contributed by atoms with Gasteiger partial charge in [-0.2, -0.15) is 13.2 Å². The molecule has 1 N–H and O–H groups in total. The fraction of sp³-hybridized carbons (Fsp3) is 0.923. The molecule has 2 aliphatic rings. The van der Waals surface area contributed by atoms with E-state index in [-0.39, 0.29) is 44.2 Å². The summed E-state index contributed by atoms with van der Waals surface area (Å²) in [6.07, 6.45) is -1.57. The highest BCUT2D eigenvalue weighted by Gasteiger charge is 2.41. The van der Waals surface area contributed by atoms with Gasteiger partial charge in [-0.3, -0.25) is 4.79 Å². The minimum absolute atomic E-state index is 0. The van der Waals surface area contributed by atoms with E-state index in [0.29, 0.717) is 12.3 Å². The lowest BCUT2D eigenvalue weighted by atomic mass is 9.95. The lowest BCUT2D eigenvalue weighted by Crippen LogP contribution is -2.42. The van der Waals surface area contributed by atoms with Crippen LogP contribution >= 0.6 is 12.4 Å². The summed E-state index contributed by atoms with van der Waals surface area (Å²) in [5, 5.41) is 3.25. The molecule has 0 aromatic carbocycles. The summed E-state index contributed by atoms with van der Waals surface area (Å²) in [6.45, 7) is 2.48. The van der Waals surface area contributed by atoms with Crippen molar-refractivity contribution in [1.29, 1.82) is 0 Å². The molecule has 0 aromatic heterocycles. The number of amides is 1. The number of hydrogen-bond acceptors (Lipinski definition) is 2. The molecule has 20 heavy (non-hydrogen) atoms. The number of carbonyl (C=O) groups excluding carboxylic acids is 1. The number of hydrogen-bond donors (Lipinski definition) is 1. The number of alkyl halides is 3. The lowest BCUT2D eigenvalue weighted by molar-refractivity contribution is -0.186. The summed E-state index contributed by atoms with van der Waals surface area (Å²) < 4.78 is 37.5. The molecule has 118 valence electrons. The highest BCUT2D eigenvalue weighted by atomic mass is 35.5. The number of likely N-dealkylation sites (tertiary alicyclic amines) is 1. The fourth-order valence-electron chi connectivity index (χ4n) is 2.90. The third-order valence-electron chi connectivity index (χ3n) is 4.24. The monoisotopic (exact) mass is 314 g/mol. The molecule has 2 aliphatic heterocycles. The maximum absolute atomic E-state index is 12.5. The molecule has 2 saturated heterocycles. The first-order chi connectivity index (χ1) is 8.97. The lowest BCUT2D eigenvalue weighted by Gasteiger charge is -2.33. The third-order valence-corrected chi connectivity index (χ3v) is 4.24. The molecule has 0 radical (unpaired) electrons. The van der Waals surface area contributed by atoms with Crippen LogP contribution in [0.1, 0.15) is 32.1 Å². The standard InChI is InChI=1S/C13H21F3N2O.ClH/c14-13(15,16)11-4-7-18(8-5-11)12(19)2-1-10-3-6-17-9-10;/h10-11,17H,1-9H2;1H. The Labute approximate surface area is 123 Å². The molecule has 7 heteroatoms. The predicted molar refractivity (Wildman–Crippen MR) is 72.8 cm³/mol. The summed E-state index contributed by atoms with van der Waals surface area (Å²) in [5.41, 5.74) is 0. The van der Waals surface area contributed by atoms with Crippen LogP contribution in [0.25, 0.3) is 0 Å². The van der Waals surface area contributed by atoms with E-state index in [2.05, 4.69) is 5.32 Å². The number of rotatable bonds is 3. The van der Waals surface area contributed by atoms with Gasteiger partial charge in [-0.25, -0.2) is 0 Å². The quantitative estimate of drug-likeness (QED) is 0.868. The summed E-state index contributed by atoms with van der Waals surface area (Å²) in [7, 11) is 0. The summed E-state index contributed by atoms with van der Waals surface area (Å²) in [6, 6.07) is 0. The van der Waals surface area contributed by atoms with Crippen LogP contribution in [0.15, 0.2) is 0 Å². The molecule has 2 fully saturated rings. The van der Waals surface area contributed by atoms with E-state index in [1.807, 2.05) is 0 Å². The van der Waals surface area contributed by atoms with Crippen molar-refractivity contribution in [2.45, 2.75) is 38.3 Å². The maximum Gasteiger partial charge on any atom is 0.391 e. The fourth-order valence-corrected chi connectivity index (χ4v) is 2.90. The molecule has 1 unspecified atom stereocenters. The minimum atomic E-state index is -4.11. The topological polar surface area (TPSA) is 32.3 Å². The van der Waals surface area contributed by atoms with Crippen LogP contribution < -0.4 is 5.32 Å². The number of nitrogens with one attached hydrogen (secondary N) is 1. The highest BCUT2D eigenvalue weighted by Crippen LogP contribution is 2.34. The number of carbonyl (C=O) groups is 1. The van der Waals surface area contributed by atoms with Crippen LogP contribution in [0, 0.1) is 11.8 Å². The molecule has 0 aliphatic carbocycles. The molecule has 0 bridgehead atoms. The summed E-state index contributed by atoms with van der Waals surface area (Å²) in [5.74, 6) is -0.653. The Bertz CT molecular complexity index is 311. The highest BCUT2D eigenvalue weighted by molar-refractivity contribution is 5.85. The van der Waals surface area contributed by atoms with Crippen molar-refractivity contribution in [3.63, 3.8) is 0 Å². The molecular formula is C13H22ClF3N2O. The smallest absolute Gasteiger partial charge is 0.343 e. The molecule has 2 heterocycles. The average molecular weight is 315 g/mol. The van der Waals surface area contributed by atoms with Gasteiger partial charge < -0.3 is 10.2 Å². The van der Waals surface area contributed by atoms with Gasteiger partial charge in [-0.15, -0.1) is 12.4 Å². The van der Waals surface area contributed by atoms with Crippen molar-refractivity contribution in [1.82, 2.24) is 10.2 Å².